The van der Waals surface area contributed by atoms with E-state index in [1.54, 1.807) is 6.08 Å². The Balaban J connectivity index is 3.72. The van der Waals surface area contributed by atoms with Gasteiger partial charge >= 0.3 is 5.97 Å². The molecule has 8 heteroatoms. The number of rotatable bonds is 11. The summed E-state index contributed by atoms with van der Waals surface area (Å²) in [6, 6.07) is -1.13. The number of carbonyl (C=O) groups excluding carboxylic acids is 2. The topological polar surface area (TPSA) is 145 Å². The van der Waals surface area contributed by atoms with Crippen LogP contribution in [0, 0.1) is 5.41 Å². The van der Waals surface area contributed by atoms with Crippen LogP contribution >= 0.6 is 0 Å². The van der Waals surface area contributed by atoms with Crippen LogP contribution in [0.4, 0.5) is 0 Å². The number of hydrogen-bond acceptors (Lipinski definition) is 4. The highest BCUT2D eigenvalue weighted by molar-refractivity contribution is 5.90. The van der Waals surface area contributed by atoms with Gasteiger partial charge in [0.2, 0.25) is 12.2 Å². The van der Waals surface area contributed by atoms with Crippen LogP contribution in [0.1, 0.15) is 32.1 Å². The van der Waals surface area contributed by atoms with Crippen LogP contribution in [-0.4, -0.2) is 41.8 Å². The molecule has 0 aromatic rings. The Bertz CT molecular complexity index is 396. The van der Waals surface area contributed by atoms with Gasteiger partial charge in [0.25, 0.3) is 0 Å². The maximum absolute atomic E-state index is 11.4. The Morgan fingerprint density at radius 2 is 2.05 bits per heavy atom. The molecule has 0 bridgehead atoms. The van der Waals surface area contributed by atoms with Gasteiger partial charge in [-0.25, -0.2) is 0 Å². The highest BCUT2D eigenvalue weighted by Gasteiger charge is 2.14. The van der Waals surface area contributed by atoms with Gasteiger partial charge in [0.1, 0.15) is 6.04 Å². The third-order valence-corrected chi connectivity index (χ3v) is 2.47. The van der Waals surface area contributed by atoms with Crippen molar-refractivity contribution in [1.29, 1.82) is 5.41 Å². The zero-order chi connectivity index (χ0) is 16.1. The van der Waals surface area contributed by atoms with Gasteiger partial charge in [0.15, 0.2) is 5.96 Å². The summed E-state index contributed by atoms with van der Waals surface area (Å²) in [5, 5.41) is 20.4. The number of aliphatic carboxylic acids is 1. The third-order valence-electron chi connectivity index (χ3n) is 2.47. The maximum Gasteiger partial charge on any atom is 0.305 e. The second-order valence-corrected chi connectivity index (χ2v) is 4.37. The van der Waals surface area contributed by atoms with E-state index in [4.69, 9.17) is 16.2 Å². The van der Waals surface area contributed by atoms with E-state index < -0.39 is 24.3 Å². The molecule has 0 aliphatic rings. The van der Waals surface area contributed by atoms with Gasteiger partial charge in [-0.2, -0.15) is 0 Å². The van der Waals surface area contributed by atoms with Gasteiger partial charge in [-0.3, -0.25) is 19.8 Å². The molecule has 0 heterocycles. The number of nitrogens with one attached hydrogen (secondary N) is 3. The van der Waals surface area contributed by atoms with Gasteiger partial charge in [0.05, 0.1) is 6.42 Å². The average molecular weight is 297 g/mol. The summed E-state index contributed by atoms with van der Waals surface area (Å²) in [6.45, 7) is 0.644. The fourth-order valence-corrected chi connectivity index (χ4v) is 1.49. The molecule has 0 aromatic heterocycles. The molecule has 0 rings (SSSR count). The lowest BCUT2D eigenvalue weighted by Crippen LogP contribution is -2.36. The van der Waals surface area contributed by atoms with Gasteiger partial charge in [-0.05, 0) is 25.3 Å². The van der Waals surface area contributed by atoms with E-state index in [0.717, 1.165) is 19.3 Å². The number of carboxylic acid groups (broad SMARTS) is 1. The number of carboxylic acids is 1. The maximum atomic E-state index is 11.4. The first kappa shape index (κ1) is 18.6. The Labute approximate surface area is 123 Å². The molecule has 8 nitrogen and oxygen atoms in total. The average Bonchev–Trinajstić information content (AvgIpc) is 2.40. The first-order valence-corrected chi connectivity index (χ1v) is 6.60. The number of carbonyl (C=O) groups is 2. The van der Waals surface area contributed by atoms with Crippen LogP contribution in [0.25, 0.3) is 0 Å². The van der Waals surface area contributed by atoms with Gasteiger partial charge < -0.3 is 21.5 Å². The predicted molar refractivity (Wildman–Crippen MR) is 77.4 cm³/mol. The zero-order valence-electron chi connectivity index (χ0n) is 11.7. The minimum Gasteiger partial charge on any atom is -0.481 e. The summed E-state index contributed by atoms with van der Waals surface area (Å²) >= 11 is 0. The number of guanidine groups is 1. The Morgan fingerprint density at radius 1 is 1.33 bits per heavy atom. The Kier molecular flexibility index (Phi) is 10.1. The normalized spacial score (nSPS) is 11.8. The number of unbranched alkanes of at least 4 members (excludes halogenated alkanes) is 3. The highest BCUT2D eigenvalue weighted by Crippen LogP contribution is 2.00. The summed E-state index contributed by atoms with van der Waals surface area (Å²) in [6.07, 6.45) is 7.30. The molecular weight excluding hydrogens is 276 g/mol. The Hall–Kier alpha value is -2.38. The van der Waals surface area contributed by atoms with Crippen molar-refractivity contribution in [1.82, 2.24) is 10.6 Å². The molecule has 1 amide bonds. The smallest absolute Gasteiger partial charge is 0.305 e. The first-order chi connectivity index (χ1) is 9.95. The summed E-state index contributed by atoms with van der Waals surface area (Å²) in [5.41, 5.74) is 5.12. The summed E-state index contributed by atoms with van der Waals surface area (Å²) in [7, 11) is 0. The van der Waals surface area contributed by atoms with E-state index in [-0.39, 0.29) is 5.96 Å². The molecular formula is C13H21N4O4. The first-order valence-electron chi connectivity index (χ1n) is 6.60. The van der Waals surface area contributed by atoms with Gasteiger partial charge in [-0.15, -0.1) is 0 Å². The van der Waals surface area contributed by atoms with Crippen molar-refractivity contribution in [2.75, 3.05) is 6.54 Å². The second kappa shape index (κ2) is 11.4. The molecule has 1 atom stereocenters. The Morgan fingerprint density at radius 3 is 2.62 bits per heavy atom. The SMILES string of the molecule is N=C(N)NCCCCCC=CC(=O)N[C@H]([C]=O)CC(=O)O. The lowest BCUT2D eigenvalue weighted by atomic mass is 10.2. The lowest BCUT2D eigenvalue weighted by molar-refractivity contribution is -0.137. The molecule has 0 aromatic carbocycles. The van der Waals surface area contributed by atoms with Crippen LogP contribution in [-0.2, 0) is 14.4 Å². The number of hydrogen-bond donors (Lipinski definition) is 5. The molecule has 0 saturated heterocycles. The monoisotopic (exact) mass is 297 g/mol. The van der Waals surface area contributed by atoms with Crippen molar-refractivity contribution in [2.45, 2.75) is 38.1 Å². The minimum absolute atomic E-state index is 0.0468. The van der Waals surface area contributed by atoms with Crippen LogP contribution in [0.3, 0.4) is 0 Å². The van der Waals surface area contributed by atoms with Crippen molar-refractivity contribution in [3.05, 3.63) is 12.2 Å². The fraction of sp³-hybridized carbons (Fsp3) is 0.538. The third kappa shape index (κ3) is 12.4. The number of allylic oxidation sites excluding steroid dienone is 1. The van der Waals surface area contributed by atoms with Gasteiger partial charge in [-0.1, -0.05) is 12.5 Å². The molecule has 1 radical (unpaired) electrons. The quantitative estimate of drug-likeness (QED) is 0.152. The molecule has 0 unspecified atom stereocenters. The van der Waals surface area contributed by atoms with E-state index >= 15 is 0 Å². The fourth-order valence-electron chi connectivity index (χ4n) is 1.49. The molecule has 0 saturated carbocycles. The van der Waals surface area contributed by atoms with E-state index in [0.29, 0.717) is 13.0 Å². The molecule has 117 valence electrons. The summed E-state index contributed by atoms with van der Waals surface area (Å²) in [5.74, 6) is -1.73. The molecule has 0 fully saturated rings. The van der Waals surface area contributed by atoms with Crippen molar-refractivity contribution in [3.63, 3.8) is 0 Å². The largest absolute Gasteiger partial charge is 0.481 e. The highest BCUT2D eigenvalue weighted by atomic mass is 16.4. The molecule has 6 N–H and O–H groups in total. The summed E-state index contributed by atoms with van der Waals surface area (Å²) in [4.78, 5) is 32.2. The van der Waals surface area contributed by atoms with Crippen LogP contribution in [0.5, 0.6) is 0 Å². The van der Waals surface area contributed by atoms with E-state index in [9.17, 15) is 14.4 Å². The molecule has 0 aliphatic carbocycles. The predicted octanol–water partition coefficient (Wildman–Crippen LogP) is -0.345. The molecule has 0 spiro atoms. The number of amides is 1. The second-order valence-electron chi connectivity index (χ2n) is 4.37. The van der Waals surface area contributed by atoms with Crippen LogP contribution in [0.15, 0.2) is 12.2 Å². The molecule has 21 heavy (non-hydrogen) atoms. The minimum atomic E-state index is -1.17. The van der Waals surface area contributed by atoms with Crippen LogP contribution in [0.2, 0.25) is 0 Å². The standard InChI is InChI=1S/C13H21N4O4/c14-13(15)16-7-5-3-1-2-4-6-11(19)17-10(9-18)8-12(20)21/h4,6,10H,1-3,5,7-8H2,(H,17,19)(H,20,21)(H4,14,15,16)/t10-/m0/s1. The lowest BCUT2D eigenvalue weighted by Gasteiger charge is -2.06. The van der Waals surface area contributed by atoms with Gasteiger partial charge in [0, 0.05) is 6.54 Å². The van der Waals surface area contributed by atoms with E-state index in [1.165, 1.54) is 12.4 Å². The summed E-state index contributed by atoms with van der Waals surface area (Å²) < 4.78 is 0. The van der Waals surface area contributed by atoms with Crippen molar-refractivity contribution >= 4 is 24.1 Å². The van der Waals surface area contributed by atoms with Crippen molar-refractivity contribution in [3.8, 4) is 0 Å². The van der Waals surface area contributed by atoms with Crippen molar-refractivity contribution < 1.29 is 19.5 Å². The van der Waals surface area contributed by atoms with E-state index in [2.05, 4.69) is 10.6 Å². The van der Waals surface area contributed by atoms with Crippen LogP contribution < -0.4 is 16.4 Å². The molecule has 0 aliphatic heterocycles. The van der Waals surface area contributed by atoms with Crippen molar-refractivity contribution in [2.24, 2.45) is 5.73 Å². The van der Waals surface area contributed by atoms with E-state index in [1.807, 2.05) is 0 Å². The number of nitrogens with two attached hydrogens (primary N) is 1. The zero-order valence-corrected chi connectivity index (χ0v) is 11.7.